The molecular weight excluding hydrogens is 216 g/mol. The van der Waals surface area contributed by atoms with Crippen molar-refractivity contribution in [3.05, 3.63) is 29.1 Å². The molecule has 2 atom stereocenters. The lowest BCUT2D eigenvalue weighted by molar-refractivity contribution is -0.144. The zero-order valence-electron chi connectivity index (χ0n) is 9.93. The number of hydrogen-bond donors (Lipinski definition) is 0. The number of aromatic nitrogens is 1. The van der Waals surface area contributed by atoms with Gasteiger partial charge in [0.15, 0.2) is 0 Å². The van der Waals surface area contributed by atoms with Gasteiger partial charge in [0, 0.05) is 11.6 Å². The van der Waals surface area contributed by atoms with Crippen LogP contribution < -0.4 is 0 Å². The fourth-order valence-corrected chi connectivity index (χ4v) is 1.96. The summed E-state index contributed by atoms with van der Waals surface area (Å²) in [6, 6.07) is 5.69. The first-order chi connectivity index (χ1) is 8.17. The first kappa shape index (κ1) is 11.6. The molecule has 0 N–H and O–H groups in total. The maximum Gasteiger partial charge on any atom is 0.309 e. The van der Waals surface area contributed by atoms with Crippen molar-refractivity contribution in [2.24, 2.45) is 5.92 Å². The van der Waals surface area contributed by atoms with E-state index in [0.717, 1.165) is 17.8 Å². The zero-order chi connectivity index (χ0) is 12.4. The highest BCUT2D eigenvalue weighted by molar-refractivity contribution is 5.77. The van der Waals surface area contributed by atoms with E-state index in [2.05, 4.69) is 11.1 Å². The van der Waals surface area contributed by atoms with E-state index in [-0.39, 0.29) is 17.8 Å². The highest BCUT2D eigenvalue weighted by atomic mass is 16.5. The van der Waals surface area contributed by atoms with Crippen molar-refractivity contribution < 1.29 is 9.53 Å². The predicted molar refractivity (Wildman–Crippen MR) is 61.2 cm³/mol. The monoisotopic (exact) mass is 230 g/mol. The number of rotatable bonds is 3. The van der Waals surface area contributed by atoms with Gasteiger partial charge in [-0.1, -0.05) is 0 Å². The second kappa shape index (κ2) is 4.54. The van der Waals surface area contributed by atoms with E-state index in [1.165, 1.54) is 0 Å². The van der Waals surface area contributed by atoms with Crippen molar-refractivity contribution in [2.75, 3.05) is 6.61 Å². The van der Waals surface area contributed by atoms with Crippen molar-refractivity contribution in [3.63, 3.8) is 0 Å². The molecule has 1 saturated carbocycles. The molecule has 0 aromatic carbocycles. The topological polar surface area (TPSA) is 63.0 Å². The van der Waals surface area contributed by atoms with Gasteiger partial charge >= 0.3 is 5.97 Å². The first-order valence-electron chi connectivity index (χ1n) is 5.71. The van der Waals surface area contributed by atoms with E-state index in [1.807, 2.05) is 13.0 Å². The van der Waals surface area contributed by atoms with Crippen LogP contribution in [-0.4, -0.2) is 17.6 Å². The minimum absolute atomic E-state index is 0.0589. The Bertz CT molecular complexity index is 491. The SMILES string of the molecule is CCOC(=O)[C@H]1C[C@@H]1c1nc(C)ccc1C#N. The van der Waals surface area contributed by atoms with Gasteiger partial charge in [0.2, 0.25) is 0 Å². The summed E-state index contributed by atoms with van der Waals surface area (Å²) in [5.74, 6) is -0.232. The highest BCUT2D eigenvalue weighted by Crippen LogP contribution is 2.48. The molecule has 0 spiro atoms. The number of esters is 1. The smallest absolute Gasteiger partial charge is 0.309 e. The first-order valence-corrected chi connectivity index (χ1v) is 5.71. The second-order valence-corrected chi connectivity index (χ2v) is 4.20. The van der Waals surface area contributed by atoms with Gasteiger partial charge in [-0.2, -0.15) is 5.26 Å². The van der Waals surface area contributed by atoms with E-state index >= 15 is 0 Å². The van der Waals surface area contributed by atoms with Crippen LogP contribution in [0.2, 0.25) is 0 Å². The standard InChI is InChI=1S/C13H14N2O2/c1-3-17-13(16)11-6-10(11)12-9(7-14)5-4-8(2)15-12/h4-5,10-11H,3,6H2,1-2H3/t10-,11-/m0/s1. The summed E-state index contributed by atoms with van der Waals surface area (Å²) in [5, 5.41) is 9.01. The van der Waals surface area contributed by atoms with Crippen LogP contribution in [-0.2, 0) is 9.53 Å². The van der Waals surface area contributed by atoms with Crippen LogP contribution in [0.3, 0.4) is 0 Å². The van der Waals surface area contributed by atoms with E-state index in [0.29, 0.717) is 12.2 Å². The molecule has 0 radical (unpaired) electrons. The third-order valence-electron chi connectivity index (χ3n) is 2.92. The average molecular weight is 230 g/mol. The van der Waals surface area contributed by atoms with Gasteiger partial charge in [-0.15, -0.1) is 0 Å². The van der Waals surface area contributed by atoms with Crippen molar-refractivity contribution in [1.29, 1.82) is 5.26 Å². The summed E-state index contributed by atoms with van der Waals surface area (Å²) in [7, 11) is 0. The van der Waals surface area contributed by atoms with Crippen LogP contribution in [0.1, 0.15) is 36.2 Å². The Kier molecular flexibility index (Phi) is 3.10. The Morgan fingerprint density at radius 3 is 3.06 bits per heavy atom. The lowest BCUT2D eigenvalue weighted by atomic mass is 10.1. The molecule has 2 rings (SSSR count). The molecule has 0 unspecified atom stereocenters. The van der Waals surface area contributed by atoms with Gasteiger partial charge in [0.25, 0.3) is 0 Å². The molecule has 0 saturated heterocycles. The number of hydrogen-bond acceptors (Lipinski definition) is 4. The van der Waals surface area contributed by atoms with Crippen LogP contribution in [0.4, 0.5) is 0 Å². The van der Waals surface area contributed by atoms with Crippen LogP contribution in [0.15, 0.2) is 12.1 Å². The van der Waals surface area contributed by atoms with Gasteiger partial charge in [0.1, 0.15) is 6.07 Å². The molecule has 1 aliphatic rings. The number of ether oxygens (including phenoxy) is 1. The largest absolute Gasteiger partial charge is 0.466 e. The predicted octanol–water partition coefficient (Wildman–Crippen LogP) is 1.93. The highest BCUT2D eigenvalue weighted by Gasteiger charge is 2.47. The molecule has 4 heteroatoms. The van der Waals surface area contributed by atoms with Gasteiger partial charge in [0.05, 0.1) is 23.8 Å². The molecule has 88 valence electrons. The fraction of sp³-hybridized carbons (Fsp3) is 0.462. The molecular formula is C13H14N2O2. The summed E-state index contributed by atoms with van der Waals surface area (Å²) in [6.45, 7) is 4.07. The molecule has 1 aromatic heterocycles. The minimum atomic E-state index is -0.176. The Hall–Kier alpha value is -1.89. The third kappa shape index (κ3) is 2.28. The summed E-state index contributed by atoms with van der Waals surface area (Å²) >= 11 is 0. The normalized spacial score (nSPS) is 21.7. The number of nitriles is 1. The fourth-order valence-electron chi connectivity index (χ4n) is 1.96. The molecule has 1 fully saturated rings. The molecule has 0 bridgehead atoms. The molecule has 1 aromatic rings. The quantitative estimate of drug-likeness (QED) is 0.744. The van der Waals surface area contributed by atoms with E-state index in [1.54, 1.807) is 13.0 Å². The molecule has 1 heterocycles. The number of pyridine rings is 1. The van der Waals surface area contributed by atoms with Crippen molar-refractivity contribution in [3.8, 4) is 6.07 Å². The summed E-state index contributed by atoms with van der Waals surface area (Å²) < 4.78 is 4.97. The van der Waals surface area contributed by atoms with Crippen molar-refractivity contribution >= 4 is 5.97 Å². The maximum atomic E-state index is 11.5. The third-order valence-corrected chi connectivity index (χ3v) is 2.92. The summed E-state index contributed by atoms with van der Waals surface area (Å²) in [4.78, 5) is 15.9. The minimum Gasteiger partial charge on any atom is -0.466 e. The number of carbonyl (C=O) groups excluding carboxylic acids is 1. The summed E-state index contributed by atoms with van der Waals surface area (Å²) in [6.07, 6.45) is 0.740. The Morgan fingerprint density at radius 2 is 2.41 bits per heavy atom. The Morgan fingerprint density at radius 1 is 1.65 bits per heavy atom. The van der Waals surface area contributed by atoms with Crippen LogP contribution in [0.25, 0.3) is 0 Å². The number of nitrogens with zero attached hydrogens (tertiary/aromatic N) is 2. The Labute approximate surface area is 100 Å². The lowest BCUT2D eigenvalue weighted by Crippen LogP contribution is -2.08. The second-order valence-electron chi connectivity index (χ2n) is 4.20. The molecule has 0 amide bonds. The molecule has 17 heavy (non-hydrogen) atoms. The zero-order valence-corrected chi connectivity index (χ0v) is 9.93. The average Bonchev–Trinajstić information content (AvgIpc) is 3.09. The van der Waals surface area contributed by atoms with Crippen LogP contribution in [0.5, 0.6) is 0 Å². The molecule has 1 aliphatic carbocycles. The maximum absolute atomic E-state index is 11.5. The molecule has 0 aliphatic heterocycles. The van der Waals surface area contributed by atoms with E-state index in [4.69, 9.17) is 10.00 Å². The van der Waals surface area contributed by atoms with Crippen molar-refractivity contribution in [2.45, 2.75) is 26.2 Å². The van der Waals surface area contributed by atoms with E-state index < -0.39 is 0 Å². The van der Waals surface area contributed by atoms with Crippen LogP contribution in [0, 0.1) is 24.2 Å². The summed E-state index contributed by atoms with van der Waals surface area (Å²) in [5.41, 5.74) is 2.17. The van der Waals surface area contributed by atoms with Gasteiger partial charge in [-0.25, -0.2) is 0 Å². The van der Waals surface area contributed by atoms with Crippen LogP contribution >= 0.6 is 0 Å². The lowest BCUT2D eigenvalue weighted by Gasteiger charge is -2.04. The molecule has 4 nitrogen and oxygen atoms in total. The van der Waals surface area contributed by atoms with Gasteiger partial charge < -0.3 is 4.74 Å². The van der Waals surface area contributed by atoms with E-state index in [9.17, 15) is 4.79 Å². The van der Waals surface area contributed by atoms with Gasteiger partial charge in [-0.05, 0) is 32.4 Å². The number of carbonyl (C=O) groups is 1. The van der Waals surface area contributed by atoms with Crippen molar-refractivity contribution in [1.82, 2.24) is 4.98 Å². The Balaban J connectivity index is 2.18. The number of aryl methyl sites for hydroxylation is 1. The van der Waals surface area contributed by atoms with Gasteiger partial charge in [-0.3, -0.25) is 9.78 Å².